The van der Waals surface area contributed by atoms with Crippen LogP contribution in [0.1, 0.15) is 57.9 Å². The summed E-state index contributed by atoms with van der Waals surface area (Å²) in [6, 6.07) is 7.62. The molecular formula is C15H24O. The van der Waals surface area contributed by atoms with Gasteiger partial charge in [-0.25, -0.2) is 0 Å². The zero-order chi connectivity index (χ0) is 12.0. The molecule has 90 valence electrons. The van der Waals surface area contributed by atoms with Gasteiger partial charge in [0.1, 0.15) is 5.75 Å². The molecule has 1 aromatic rings. The maximum atomic E-state index is 9.21. The first kappa shape index (κ1) is 13.1. The quantitative estimate of drug-likeness (QED) is 0.688. The fourth-order valence-electron chi connectivity index (χ4n) is 1.97. The number of benzene rings is 1. The number of hydrogen-bond donors (Lipinski definition) is 1. The molecule has 1 unspecified atom stereocenters. The smallest absolute Gasteiger partial charge is 0.115 e. The average Bonchev–Trinajstić information content (AvgIpc) is 2.25. The van der Waals surface area contributed by atoms with Crippen molar-refractivity contribution < 1.29 is 5.11 Å². The van der Waals surface area contributed by atoms with E-state index in [4.69, 9.17) is 0 Å². The molecule has 0 spiro atoms. The minimum Gasteiger partial charge on any atom is -0.508 e. The van der Waals surface area contributed by atoms with Crippen LogP contribution < -0.4 is 0 Å². The van der Waals surface area contributed by atoms with Gasteiger partial charge in [-0.05, 0) is 36.0 Å². The zero-order valence-corrected chi connectivity index (χ0v) is 10.7. The van der Waals surface area contributed by atoms with Crippen LogP contribution >= 0.6 is 0 Å². The second-order valence-corrected chi connectivity index (χ2v) is 5.17. The number of hydrogen-bond acceptors (Lipinski definition) is 1. The van der Waals surface area contributed by atoms with Crippen LogP contribution in [0.25, 0.3) is 0 Å². The number of phenolic OH excluding ortho intramolecular Hbond substituents is 1. The van der Waals surface area contributed by atoms with Crippen molar-refractivity contribution in [3.05, 3.63) is 29.8 Å². The van der Waals surface area contributed by atoms with Crippen molar-refractivity contribution in [1.82, 2.24) is 0 Å². The summed E-state index contributed by atoms with van der Waals surface area (Å²) in [7, 11) is 0. The molecule has 1 heteroatoms. The van der Waals surface area contributed by atoms with E-state index in [0.717, 1.165) is 5.92 Å². The van der Waals surface area contributed by atoms with Gasteiger partial charge in [-0.1, -0.05) is 52.2 Å². The molecule has 0 aliphatic rings. The first-order valence-corrected chi connectivity index (χ1v) is 6.38. The summed E-state index contributed by atoms with van der Waals surface area (Å²) in [4.78, 5) is 0. The van der Waals surface area contributed by atoms with E-state index < -0.39 is 0 Å². The Morgan fingerprint density at radius 1 is 0.938 bits per heavy atom. The van der Waals surface area contributed by atoms with Gasteiger partial charge in [-0.15, -0.1) is 0 Å². The van der Waals surface area contributed by atoms with E-state index in [1.165, 1.54) is 31.2 Å². The minimum atomic E-state index is 0.357. The van der Waals surface area contributed by atoms with Crippen LogP contribution in [0, 0.1) is 5.92 Å². The molecule has 0 bridgehead atoms. The fourth-order valence-corrected chi connectivity index (χ4v) is 1.97. The topological polar surface area (TPSA) is 20.2 Å². The second kappa shape index (κ2) is 6.57. The molecule has 0 saturated carbocycles. The van der Waals surface area contributed by atoms with Crippen LogP contribution in [0.5, 0.6) is 5.75 Å². The normalized spacial score (nSPS) is 13.0. The number of rotatable bonds is 6. The van der Waals surface area contributed by atoms with Crippen molar-refractivity contribution in [1.29, 1.82) is 0 Å². The summed E-state index contributed by atoms with van der Waals surface area (Å²) in [5.41, 5.74) is 1.34. The average molecular weight is 220 g/mol. The van der Waals surface area contributed by atoms with E-state index in [9.17, 15) is 5.11 Å². The van der Waals surface area contributed by atoms with Crippen LogP contribution in [-0.2, 0) is 0 Å². The molecule has 1 N–H and O–H groups in total. The fraction of sp³-hybridized carbons (Fsp3) is 0.600. The van der Waals surface area contributed by atoms with Crippen molar-refractivity contribution in [3.63, 3.8) is 0 Å². The van der Waals surface area contributed by atoms with Crippen LogP contribution in [0.2, 0.25) is 0 Å². The Hall–Kier alpha value is -0.980. The van der Waals surface area contributed by atoms with E-state index >= 15 is 0 Å². The van der Waals surface area contributed by atoms with Gasteiger partial charge in [0.05, 0.1) is 0 Å². The van der Waals surface area contributed by atoms with Gasteiger partial charge in [0.15, 0.2) is 0 Å². The van der Waals surface area contributed by atoms with Gasteiger partial charge in [-0.2, -0.15) is 0 Å². The largest absolute Gasteiger partial charge is 0.508 e. The molecule has 0 heterocycles. The van der Waals surface area contributed by atoms with Crippen molar-refractivity contribution in [2.75, 3.05) is 0 Å². The van der Waals surface area contributed by atoms with Gasteiger partial charge in [-0.3, -0.25) is 0 Å². The summed E-state index contributed by atoms with van der Waals surface area (Å²) in [5, 5.41) is 9.21. The Kier molecular flexibility index (Phi) is 5.37. The van der Waals surface area contributed by atoms with Gasteiger partial charge < -0.3 is 5.11 Å². The highest BCUT2D eigenvalue weighted by atomic mass is 16.3. The molecule has 1 aromatic carbocycles. The SMILES string of the molecule is CC(C)CCCCC(C)c1ccc(O)cc1. The van der Waals surface area contributed by atoms with Gasteiger partial charge in [0.2, 0.25) is 0 Å². The third-order valence-corrected chi connectivity index (χ3v) is 3.13. The Bertz CT molecular complexity index is 287. The van der Waals surface area contributed by atoms with E-state index in [2.05, 4.69) is 20.8 Å². The summed E-state index contributed by atoms with van der Waals surface area (Å²) in [6.45, 7) is 6.83. The monoisotopic (exact) mass is 220 g/mol. The Morgan fingerprint density at radius 2 is 1.50 bits per heavy atom. The summed E-state index contributed by atoms with van der Waals surface area (Å²) in [5.74, 6) is 1.78. The lowest BCUT2D eigenvalue weighted by Crippen LogP contribution is -1.94. The second-order valence-electron chi connectivity index (χ2n) is 5.17. The molecule has 1 atom stereocenters. The van der Waals surface area contributed by atoms with Crippen LogP contribution in [-0.4, -0.2) is 5.11 Å². The number of aromatic hydroxyl groups is 1. The Balaban J connectivity index is 2.29. The lowest BCUT2D eigenvalue weighted by atomic mass is 9.94. The lowest BCUT2D eigenvalue weighted by molar-refractivity contribution is 0.474. The highest BCUT2D eigenvalue weighted by Crippen LogP contribution is 2.24. The highest BCUT2D eigenvalue weighted by molar-refractivity contribution is 5.27. The molecule has 0 aliphatic carbocycles. The van der Waals surface area contributed by atoms with E-state index in [1.807, 2.05) is 12.1 Å². The first-order chi connectivity index (χ1) is 7.59. The summed E-state index contributed by atoms with van der Waals surface area (Å²) >= 11 is 0. The van der Waals surface area contributed by atoms with Crippen molar-refractivity contribution in [2.45, 2.75) is 52.4 Å². The molecule has 0 radical (unpaired) electrons. The van der Waals surface area contributed by atoms with Crippen LogP contribution in [0.15, 0.2) is 24.3 Å². The Morgan fingerprint density at radius 3 is 2.06 bits per heavy atom. The molecule has 0 fully saturated rings. The van der Waals surface area contributed by atoms with Gasteiger partial charge >= 0.3 is 0 Å². The van der Waals surface area contributed by atoms with Crippen molar-refractivity contribution >= 4 is 0 Å². The maximum absolute atomic E-state index is 9.21. The minimum absolute atomic E-state index is 0.357. The molecule has 0 amide bonds. The highest BCUT2D eigenvalue weighted by Gasteiger charge is 2.05. The van der Waals surface area contributed by atoms with Gasteiger partial charge in [0.25, 0.3) is 0 Å². The third kappa shape index (κ3) is 4.69. The van der Waals surface area contributed by atoms with E-state index in [0.29, 0.717) is 11.7 Å². The predicted molar refractivity (Wildman–Crippen MR) is 69.8 cm³/mol. The van der Waals surface area contributed by atoms with Crippen molar-refractivity contribution in [3.8, 4) is 5.75 Å². The van der Waals surface area contributed by atoms with Gasteiger partial charge in [0, 0.05) is 0 Å². The summed E-state index contributed by atoms with van der Waals surface area (Å²) in [6.07, 6.45) is 5.22. The van der Waals surface area contributed by atoms with Crippen LogP contribution in [0.3, 0.4) is 0 Å². The molecule has 1 rings (SSSR count). The molecule has 16 heavy (non-hydrogen) atoms. The molecule has 0 aliphatic heterocycles. The molecule has 0 aromatic heterocycles. The van der Waals surface area contributed by atoms with E-state index in [-0.39, 0.29) is 0 Å². The first-order valence-electron chi connectivity index (χ1n) is 6.38. The molecule has 1 nitrogen and oxygen atoms in total. The zero-order valence-electron chi connectivity index (χ0n) is 10.7. The number of unbranched alkanes of at least 4 members (excludes halogenated alkanes) is 1. The predicted octanol–water partition coefficient (Wildman–Crippen LogP) is 4.71. The van der Waals surface area contributed by atoms with E-state index in [1.54, 1.807) is 12.1 Å². The lowest BCUT2D eigenvalue weighted by Gasteiger charge is -2.12. The van der Waals surface area contributed by atoms with Crippen LogP contribution in [0.4, 0.5) is 0 Å². The third-order valence-electron chi connectivity index (χ3n) is 3.13. The van der Waals surface area contributed by atoms with Crippen molar-refractivity contribution in [2.24, 2.45) is 5.92 Å². The standard InChI is InChI=1S/C15H24O/c1-12(2)6-4-5-7-13(3)14-8-10-15(16)11-9-14/h8-13,16H,4-7H2,1-3H3. The number of phenols is 1. The molecular weight excluding hydrogens is 196 g/mol. The molecule has 0 saturated heterocycles. The summed E-state index contributed by atoms with van der Waals surface area (Å²) < 4.78 is 0. The maximum Gasteiger partial charge on any atom is 0.115 e. The Labute approximate surface area is 99.5 Å².